The Labute approximate surface area is 153 Å². The molecule has 138 valence electrons. The Morgan fingerprint density at radius 2 is 1.92 bits per heavy atom. The molecule has 0 aliphatic rings. The third-order valence-corrected chi connectivity index (χ3v) is 5.34. The van der Waals surface area contributed by atoms with Crippen LogP contribution in [0.1, 0.15) is 19.7 Å². The Kier molecular flexibility index (Phi) is 5.24. The lowest BCUT2D eigenvalue weighted by Gasteiger charge is -2.12. The summed E-state index contributed by atoms with van der Waals surface area (Å²) in [7, 11) is -2.11. The largest absolute Gasteiger partial charge is 0.497 e. The Bertz CT molecular complexity index is 995. The van der Waals surface area contributed by atoms with E-state index in [9.17, 15) is 8.42 Å². The van der Waals surface area contributed by atoms with Crippen LogP contribution in [0, 0.1) is 5.92 Å². The third kappa shape index (κ3) is 3.86. The lowest BCUT2D eigenvalue weighted by atomic mass is 10.2. The number of rotatable bonds is 7. The van der Waals surface area contributed by atoms with Crippen LogP contribution in [0.15, 0.2) is 47.5 Å². The molecule has 0 amide bonds. The smallest absolute Gasteiger partial charge is 0.240 e. The van der Waals surface area contributed by atoms with Crippen LogP contribution < -0.4 is 9.46 Å². The number of nitrogens with one attached hydrogen (secondary N) is 1. The van der Waals surface area contributed by atoms with Crippen LogP contribution >= 0.6 is 0 Å². The Morgan fingerprint density at radius 3 is 2.58 bits per heavy atom. The van der Waals surface area contributed by atoms with Gasteiger partial charge in [0, 0.05) is 12.7 Å². The lowest BCUT2D eigenvalue weighted by molar-refractivity contribution is 0.414. The van der Waals surface area contributed by atoms with E-state index in [2.05, 4.69) is 28.5 Å². The first-order valence-corrected chi connectivity index (χ1v) is 9.83. The molecule has 1 N–H and O–H groups in total. The van der Waals surface area contributed by atoms with Crippen molar-refractivity contribution in [2.24, 2.45) is 5.92 Å². The second kappa shape index (κ2) is 7.43. The lowest BCUT2D eigenvalue weighted by Crippen LogP contribution is -2.25. The van der Waals surface area contributed by atoms with Crippen LogP contribution in [0.5, 0.6) is 5.75 Å². The zero-order valence-corrected chi connectivity index (χ0v) is 15.8. The van der Waals surface area contributed by atoms with Gasteiger partial charge in [0.25, 0.3) is 0 Å². The van der Waals surface area contributed by atoms with Gasteiger partial charge in [-0.25, -0.2) is 23.1 Å². The zero-order chi connectivity index (χ0) is 18.7. The van der Waals surface area contributed by atoms with E-state index in [0.717, 1.165) is 11.2 Å². The number of fused-ring (bicyclic) bond motifs is 1. The SMILES string of the molecule is COc1ccc(S(=O)(=O)NCc2nc3cccnc3n2CC(C)C)cc1. The van der Waals surface area contributed by atoms with Crippen molar-refractivity contribution in [2.75, 3.05) is 7.11 Å². The fraction of sp³-hybridized carbons (Fsp3) is 0.333. The predicted molar refractivity (Wildman–Crippen MR) is 99.4 cm³/mol. The first-order valence-electron chi connectivity index (χ1n) is 8.34. The van der Waals surface area contributed by atoms with E-state index < -0.39 is 10.0 Å². The summed E-state index contributed by atoms with van der Waals surface area (Å²) in [5, 5.41) is 0. The maximum Gasteiger partial charge on any atom is 0.240 e. The molecule has 26 heavy (non-hydrogen) atoms. The van der Waals surface area contributed by atoms with Gasteiger partial charge in [-0.2, -0.15) is 0 Å². The summed E-state index contributed by atoms with van der Waals surface area (Å²) in [6, 6.07) is 9.96. The molecule has 0 aliphatic carbocycles. The summed E-state index contributed by atoms with van der Waals surface area (Å²) in [6.45, 7) is 5.00. The molecule has 1 aromatic carbocycles. The molecule has 0 saturated heterocycles. The minimum Gasteiger partial charge on any atom is -0.497 e. The molecule has 0 fully saturated rings. The number of sulfonamides is 1. The van der Waals surface area contributed by atoms with Gasteiger partial charge in [-0.3, -0.25) is 0 Å². The maximum absolute atomic E-state index is 12.5. The zero-order valence-electron chi connectivity index (χ0n) is 15.0. The fourth-order valence-electron chi connectivity index (χ4n) is 2.70. The molecular formula is C18H22N4O3S. The van der Waals surface area contributed by atoms with Gasteiger partial charge in [0.15, 0.2) is 5.65 Å². The number of hydrogen-bond acceptors (Lipinski definition) is 5. The minimum atomic E-state index is -3.65. The normalized spacial score (nSPS) is 12.0. The van der Waals surface area contributed by atoms with Crippen LogP contribution in [0.4, 0.5) is 0 Å². The average Bonchev–Trinajstić information content (AvgIpc) is 2.97. The van der Waals surface area contributed by atoms with Gasteiger partial charge in [-0.15, -0.1) is 0 Å². The van der Waals surface area contributed by atoms with Crippen molar-refractivity contribution < 1.29 is 13.2 Å². The van der Waals surface area contributed by atoms with Crippen LogP contribution in [0.25, 0.3) is 11.2 Å². The van der Waals surface area contributed by atoms with Crippen molar-refractivity contribution in [3.8, 4) is 5.75 Å². The van der Waals surface area contributed by atoms with Crippen molar-refractivity contribution in [1.82, 2.24) is 19.3 Å². The van der Waals surface area contributed by atoms with E-state index in [-0.39, 0.29) is 11.4 Å². The summed E-state index contributed by atoms with van der Waals surface area (Å²) in [6.07, 6.45) is 1.71. The second-order valence-electron chi connectivity index (χ2n) is 6.38. The van der Waals surface area contributed by atoms with Crippen LogP contribution in [0.3, 0.4) is 0 Å². The Hall–Kier alpha value is -2.45. The molecule has 3 aromatic rings. The third-order valence-electron chi connectivity index (χ3n) is 3.92. The fourth-order valence-corrected chi connectivity index (χ4v) is 3.68. The first-order chi connectivity index (χ1) is 12.4. The van der Waals surface area contributed by atoms with E-state index in [4.69, 9.17) is 4.74 Å². The average molecular weight is 374 g/mol. The van der Waals surface area contributed by atoms with Gasteiger partial charge in [-0.05, 0) is 42.3 Å². The molecule has 0 radical (unpaired) electrons. The number of imidazole rings is 1. The number of methoxy groups -OCH3 is 1. The van der Waals surface area contributed by atoms with Crippen molar-refractivity contribution >= 4 is 21.2 Å². The topological polar surface area (TPSA) is 86.1 Å². The predicted octanol–water partition coefficient (Wildman–Crippen LogP) is 2.57. The first kappa shape index (κ1) is 18.3. The van der Waals surface area contributed by atoms with E-state index >= 15 is 0 Å². The van der Waals surface area contributed by atoms with Crippen molar-refractivity contribution in [1.29, 1.82) is 0 Å². The van der Waals surface area contributed by atoms with Gasteiger partial charge in [0.2, 0.25) is 10.0 Å². The van der Waals surface area contributed by atoms with Crippen molar-refractivity contribution in [2.45, 2.75) is 31.8 Å². The summed E-state index contributed by atoms with van der Waals surface area (Å²) < 4.78 is 34.8. The molecule has 0 saturated carbocycles. The van der Waals surface area contributed by atoms with Crippen LogP contribution in [-0.4, -0.2) is 30.1 Å². The highest BCUT2D eigenvalue weighted by atomic mass is 32.2. The molecule has 0 atom stereocenters. The van der Waals surface area contributed by atoms with Gasteiger partial charge < -0.3 is 9.30 Å². The molecular weight excluding hydrogens is 352 g/mol. The number of hydrogen-bond donors (Lipinski definition) is 1. The Balaban J connectivity index is 1.86. The second-order valence-corrected chi connectivity index (χ2v) is 8.15. The van der Waals surface area contributed by atoms with Crippen LogP contribution in [0.2, 0.25) is 0 Å². The minimum absolute atomic E-state index is 0.0947. The summed E-state index contributed by atoms with van der Waals surface area (Å²) >= 11 is 0. The molecule has 0 aliphatic heterocycles. The molecule has 0 bridgehead atoms. The highest BCUT2D eigenvalue weighted by Crippen LogP contribution is 2.18. The molecule has 0 spiro atoms. The van der Waals surface area contributed by atoms with E-state index in [1.165, 1.54) is 19.2 Å². The highest BCUT2D eigenvalue weighted by molar-refractivity contribution is 7.89. The van der Waals surface area contributed by atoms with Gasteiger partial charge >= 0.3 is 0 Å². The molecule has 0 unspecified atom stereocenters. The number of benzene rings is 1. The quantitative estimate of drug-likeness (QED) is 0.687. The molecule has 8 heteroatoms. The highest BCUT2D eigenvalue weighted by Gasteiger charge is 2.18. The number of nitrogens with zero attached hydrogens (tertiary/aromatic N) is 3. The Morgan fingerprint density at radius 1 is 1.19 bits per heavy atom. The molecule has 7 nitrogen and oxygen atoms in total. The molecule has 3 rings (SSSR count). The van der Waals surface area contributed by atoms with Gasteiger partial charge in [-0.1, -0.05) is 13.8 Å². The van der Waals surface area contributed by atoms with Gasteiger partial charge in [0.05, 0.1) is 18.6 Å². The van der Waals surface area contributed by atoms with Crippen molar-refractivity contribution in [3.63, 3.8) is 0 Å². The summed E-state index contributed by atoms with van der Waals surface area (Å²) in [4.78, 5) is 9.11. The molecule has 2 heterocycles. The number of aromatic nitrogens is 3. The monoisotopic (exact) mass is 374 g/mol. The standard InChI is InChI=1S/C18H22N4O3S/c1-13(2)12-22-17(21-16-5-4-10-19-18(16)22)11-20-26(23,24)15-8-6-14(25-3)7-9-15/h4-10,13,20H,11-12H2,1-3H3. The van der Waals surface area contributed by atoms with E-state index in [1.807, 2.05) is 16.7 Å². The number of pyridine rings is 1. The van der Waals surface area contributed by atoms with E-state index in [1.54, 1.807) is 18.3 Å². The summed E-state index contributed by atoms with van der Waals surface area (Å²) in [5.74, 6) is 1.63. The number of ether oxygens (including phenoxy) is 1. The van der Waals surface area contributed by atoms with Crippen molar-refractivity contribution in [3.05, 3.63) is 48.4 Å². The van der Waals surface area contributed by atoms with Gasteiger partial charge in [0.1, 0.15) is 17.1 Å². The molecule has 2 aromatic heterocycles. The maximum atomic E-state index is 12.5. The summed E-state index contributed by atoms with van der Waals surface area (Å²) in [5.41, 5.74) is 1.52. The van der Waals surface area contributed by atoms with Crippen LogP contribution in [-0.2, 0) is 23.1 Å². The van der Waals surface area contributed by atoms with E-state index in [0.29, 0.717) is 24.0 Å².